The van der Waals surface area contributed by atoms with Crippen LogP contribution in [0.1, 0.15) is 118 Å². The summed E-state index contributed by atoms with van der Waals surface area (Å²) in [4.78, 5) is 23.2. The third kappa shape index (κ3) is 12.5. The number of esters is 1. The number of allylic oxidation sites excluding steroid dienone is 2. The van der Waals surface area contributed by atoms with E-state index in [0.717, 1.165) is 19.3 Å². The van der Waals surface area contributed by atoms with E-state index in [0.29, 0.717) is 6.61 Å². The first-order valence-corrected chi connectivity index (χ1v) is 11.8. The summed E-state index contributed by atoms with van der Waals surface area (Å²) in [5.41, 5.74) is 0.109. The molecule has 0 heterocycles. The summed E-state index contributed by atoms with van der Waals surface area (Å²) in [6.45, 7) is 2.60. The molecule has 0 unspecified atom stereocenters. The Balaban J connectivity index is 1.94. The molecule has 0 saturated heterocycles. The molecule has 0 spiro atoms. The molecule has 0 bridgehead atoms. The van der Waals surface area contributed by atoms with Gasteiger partial charge in [0.1, 0.15) is 0 Å². The van der Waals surface area contributed by atoms with Crippen LogP contribution in [0, 0.1) is 0 Å². The van der Waals surface area contributed by atoms with E-state index < -0.39 is 11.9 Å². The summed E-state index contributed by atoms with van der Waals surface area (Å²) in [6, 6.07) is 6.16. The monoisotopic (exact) mass is 416 g/mol. The minimum atomic E-state index is -1.11. The fraction of sp³-hybridized carbons (Fsp3) is 0.615. The maximum atomic E-state index is 12.0. The van der Waals surface area contributed by atoms with Crippen LogP contribution in [0.15, 0.2) is 36.4 Å². The fourth-order valence-corrected chi connectivity index (χ4v) is 3.44. The van der Waals surface area contributed by atoms with Crippen molar-refractivity contribution in [3.8, 4) is 0 Å². The number of hydrogen-bond donors (Lipinski definition) is 1. The molecule has 0 radical (unpaired) electrons. The number of hydrogen-bond acceptors (Lipinski definition) is 3. The van der Waals surface area contributed by atoms with Crippen LogP contribution in [0.5, 0.6) is 0 Å². The quantitative estimate of drug-likeness (QED) is 0.152. The Bertz CT molecular complexity index is 621. The Morgan fingerprint density at radius 2 is 1.27 bits per heavy atom. The van der Waals surface area contributed by atoms with Crippen molar-refractivity contribution in [2.75, 3.05) is 6.61 Å². The molecule has 4 heteroatoms. The van der Waals surface area contributed by atoms with Gasteiger partial charge < -0.3 is 9.84 Å². The molecule has 0 amide bonds. The Kier molecular flexibility index (Phi) is 15.3. The van der Waals surface area contributed by atoms with E-state index in [1.165, 1.54) is 82.8 Å². The molecule has 0 saturated carbocycles. The molecule has 4 nitrogen and oxygen atoms in total. The van der Waals surface area contributed by atoms with Crippen molar-refractivity contribution in [1.29, 1.82) is 0 Å². The lowest BCUT2D eigenvalue weighted by Crippen LogP contribution is -2.12. The highest BCUT2D eigenvalue weighted by atomic mass is 16.5. The second-order valence-electron chi connectivity index (χ2n) is 7.92. The van der Waals surface area contributed by atoms with Gasteiger partial charge in [-0.3, -0.25) is 0 Å². The number of ether oxygens (including phenoxy) is 1. The van der Waals surface area contributed by atoms with Gasteiger partial charge in [0.05, 0.1) is 17.7 Å². The average Bonchev–Trinajstić information content (AvgIpc) is 2.75. The summed E-state index contributed by atoms with van der Waals surface area (Å²) >= 11 is 0. The second-order valence-corrected chi connectivity index (χ2v) is 7.92. The Hall–Kier alpha value is -2.10. The average molecular weight is 417 g/mol. The summed E-state index contributed by atoms with van der Waals surface area (Å²) < 4.78 is 5.23. The van der Waals surface area contributed by atoms with Gasteiger partial charge in [0, 0.05) is 0 Å². The van der Waals surface area contributed by atoms with Gasteiger partial charge in [0.25, 0.3) is 0 Å². The summed E-state index contributed by atoms with van der Waals surface area (Å²) in [5.74, 6) is -1.67. The standard InChI is InChI=1S/C26H40O4/c1-2-3-4-5-6-7-8-9-10-11-12-13-14-15-16-19-22-30-26(29)24-21-18-17-20-23(24)25(27)28/h9-10,17-18,20-21H,2-8,11-16,19,22H2,1H3,(H,27,28)/b10-9+. The maximum absolute atomic E-state index is 12.0. The number of aromatic carboxylic acids is 1. The first kappa shape index (κ1) is 25.9. The van der Waals surface area contributed by atoms with Crippen LogP contribution in [0.4, 0.5) is 0 Å². The SMILES string of the molecule is CCCCCCCC/C=C/CCCCCCCCOC(=O)c1ccccc1C(=O)O. The third-order valence-corrected chi connectivity index (χ3v) is 5.27. The number of carbonyl (C=O) groups is 2. The summed E-state index contributed by atoms with van der Waals surface area (Å²) in [7, 11) is 0. The predicted octanol–water partition coefficient (Wildman–Crippen LogP) is 7.58. The first-order valence-electron chi connectivity index (χ1n) is 11.8. The van der Waals surface area contributed by atoms with Crippen molar-refractivity contribution >= 4 is 11.9 Å². The summed E-state index contributed by atoms with van der Waals surface area (Å²) in [5, 5.41) is 9.12. The molecule has 1 rings (SSSR count). The maximum Gasteiger partial charge on any atom is 0.339 e. The lowest BCUT2D eigenvalue weighted by molar-refractivity contribution is 0.0487. The lowest BCUT2D eigenvalue weighted by atomic mass is 10.1. The van der Waals surface area contributed by atoms with Crippen LogP contribution in [0.2, 0.25) is 0 Å². The molecule has 168 valence electrons. The van der Waals surface area contributed by atoms with Crippen molar-refractivity contribution < 1.29 is 19.4 Å². The van der Waals surface area contributed by atoms with Gasteiger partial charge in [-0.1, -0.05) is 89.0 Å². The highest BCUT2D eigenvalue weighted by Gasteiger charge is 2.16. The van der Waals surface area contributed by atoms with Gasteiger partial charge in [-0.05, 0) is 44.2 Å². The molecule has 1 aromatic rings. The fourth-order valence-electron chi connectivity index (χ4n) is 3.44. The van der Waals surface area contributed by atoms with Gasteiger partial charge in [-0.25, -0.2) is 9.59 Å². The van der Waals surface area contributed by atoms with E-state index in [9.17, 15) is 9.59 Å². The van der Waals surface area contributed by atoms with E-state index in [2.05, 4.69) is 19.1 Å². The van der Waals surface area contributed by atoms with E-state index in [1.807, 2.05) is 0 Å². The van der Waals surface area contributed by atoms with Crippen LogP contribution in [0.3, 0.4) is 0 Å². The van der Waals surface area contributed by atoms with Crippen LogP contribution in [0.25, 0.3) is 0 Å². The van der Waals surface area contributed by atoms with Crippen molar-refractivity contribution in [3.63, 3.8) is 0 Å². The van der Waals surface area contributed by atoms with Crippen LogP contribution >= 0.6 is 0 Å². The lowest BCUT2D eigenvalue weighted by Gasteiger charge is -2.07. The molecule has 0 atom stereocenters. The first-order chi connectivity index (χ1) is 14.7. The van der Waals surface area contributed by atoms with Gasteiger partial charge in [-0.2, -0.15) is 0 Å². The van der Waals surface area contributed by atoms with Crippen molar-refractivity contribution in [2.45, 2.75) is 96.8 Å². The largest absolute Gasteiger partial charge is 0.478 e. The van der Waals surface area contributed by atoms with Gasteiger partial charge in [-0.15, -0.1) is 0 Å². The minimum Gasteiger partial charge on any atom is -0.478 e. The smallest absolute Gasteiger partial charge is 0.339 e. The van der Waals surface area contributed by atoms with E-state index in [1.54, 1.807) is 12.1 Å². The Morgan fingerprint density at radius 3 is 1.83 bits per heavy atom. The Morgan fingerprint density at radius 1 is 0.767 bits per heavy atom. The third-order valence-electron chi connectivity index (χ3n) is 5.27. The van der Waals surface area contributed by atoms with Crippen LogP contribution in [-0.2, 0) is 4.74 Å². The molecule has 0 aliphatic heterocycles. The minimum absolute atomic E-state index is 0.0106. The van der Waals surface area contributed by atoms with Gasteiger partial charge >= 0.3 is 11.9 Å². The molecule has 1 N–H and O–H groups in total. The zero-order chi connectivity index (χ0) is 21.9. The van der Waals surface area contributed by atoms with E-state index in [4.69, 9.17) is 9.84 Å². The predicted molar refractivity (Wildman–Crippen MR) is 123 cm³/mol. The van der Waals surface area contributed by atoms with Gasteiger partial charge in [0.2, 0.25) is 0 Å². The van der Waals surface area contributed by atoms with Gasteiger partial charge in [0.15, 0.2) is 0 Å². The zero-order valence-corrected chi connectivity index (χ0v) is 18.7. The van der Waals surface area contributed by atoms with Crippen LogP contribution in [-0.4, -0.2) is 23.7 Å². The summed E-state index contributed by atoms with van der Waals surface area (Å²) in [6.07, 6.45) is 21.9. The number of carboxylic acids is 1. The molecule has 30 heavy (non-hydrogen) atoms. The molecular formula is C26H40O4. The number of unbranched alkanes of at least 4 members (excludes halogenated alkanes) is 12. The number of rotatable bonds is 18. The molecule has 0 aliphatic rings. The molecule has 0 aromatic heterocycles. The second kappa shape index (κ2) is 17.7. The van der Waals surface area contributed by atoms with Crippen LogP contribution < -0.4 is 0 Å². The molecule has 1 aromatic carbocycles. The normalized spacial score (nSPS) is 11.1. The highest BCUT2D eigenvalue weighted by molar-refractivity contribution is 6.02. The topological polar surface area (TPSA) is 63.6 Å². The number of benzene rings is 1. The van der Waals surface area contributed by atoms with Crippen molar-refractivity contribution in [2.24, 2.45) is 0 Å². The highest BCUT2D eigenvalue weighted by Crippen LogP contribution is 2.12. The van der Waals surface area contributed by atoms with E-state index >= 15 is 0 Å². The van der Waals surface area contributed by atoms with Crippen molar-refractivity contribution in [1.82, 2.24) is 0 Å². The number of carboxylic acid groups (broad SMARTS) is 1. The number of carbonyl (C=O) groups excluding carboxylic acids is 1. The van der Waals surface area contributed by atoms with E-state index in [-0.39, 0.29) is 11.1 Å². The molecule has 0 fully saturated rings. The molecule has 0 aliphatic carbocycles. The Labute approximate surface area is 182 Å². The molecular weight excluding hydrogens is 376 g/mol. The zero-order valence-electron chi connectivity index (χ0n) is 18.7. The van der Waals surface area contributed by atoms with Crippen molar-refractivity contribution in [3.05, 3.63) is 47.5 Å².